The van der Waals surface area contributed by atoms with Crippen LogP contribution in [0.2, 0.25) is 5.02 Å². The molecule has 152 valence electrons. The first-order valence-corrected chi connectivity index (χ1v) is 10.3. The van der Waals surface area contributed by atoms with Gasteiger partial charge in [0.1, 0.15) is 5.02 Å². The van der Waals surface area contributed by atoms with Gasteiger partial charge in [-0.15, -0.1) is 10.2 Å². The number of carbonyl (C=O) groups is 1. The van der Waals surface area contributed by atoms with Gasteiger partial charge < -0.3 is 4.74 Å². The number of halogens is 1. The Morgan fingerprint density at radius 3 is 2.70 bits per heavy atom. The zero-order valence-corrected chi connectivity index (χ0v) is 17.3. The Kier molecular flexibility index (Phi) is 5.27. The number of carbonyl (C=O) groups excluding carboxylic acids is 1. The fourth-order valence-electron chi connectivity index (χ4n) is 3.18. The topological polar surface area (TPSA) is 111 Å². The van der Waals surface area contributed by atoms with E-state index in [0.29, 0.717) is 27.7 Å². The molecule has 11 heteroatoms. The molecule has 1 aromatic heterocycles. The van der Waals surface area contributed by atoms with E-state index in [0.717, 1.165) is 0 Å². The van der Waals surface area contributed by atoms with Crippen molar-refractivity contribution < 1.29 is 14.5 Å². The van der Waals surface area contributed by atoms with Crippen molar-refractivity contribution in [2.45, 2.75) is 18.3 Å². The Morgan fingerprint density at radius 1 is 1.27 bits per heavy atom. The van der Waals surface area contributed by atoms with Gasteiger partial charge in [0.15, 0.2) is 5.69 Å². The number of rotatable bonds is 3. The minimum atomic E-state index is -0.963. The summed E-state index contributed by atoms with van der Waals surface area (Å²) in [5, 5.41) is 19.8. The number of anilines is 1. The number of para-hydroxylation sites is 1. The highest BCUT2D eigenvalue weighted by molar-refractivity contribution is 7.98. The number of nitro benzene ring substituents is 1. The van der Waals surface area contributed by atoms with Crippen LogP contribution in [0.4, 0.5) is 11.4 Å². The van der Waals surface area contributed by atoms with E-state index in [4.69, 9.17) is 16.3 Å². The van der Waals surface area contributed by atoms with Crippen LogP contribution in [-0.4, -0.2) is 32.3 Å². The number of aromatic nitrogens is 3. The molecule has 1 aliphatic rings. The summed E-state index contributed by atoms with van der Waals surface area (Å²) in [6.07, 6.45) is 0.846. The second kappa shape index (κ2) is 7.88. The molecular formula is C19H14ClN5O4S. The Bertz CT molecular complexity index is 1180. The molecule has 1 amide bonds. The van der Waals surface area contributed by atoms with Crippen molar-refractivity contribution in [3.8, 4) is 17.1 Å². The third-order valence-electron chi connectivity index (χ3n) is 4.49. The molecule has 3 aromatic rings. The largest absolute Gasteiger partial charge is 0.447 e. The summed E-state index contributed by atoms with van der Waals surface area (Å²) < 4.78 is 6.15. The van der Waals surface area contributed by atoms with Crippen LogP contribution in [0.3, 0.4) is 0 Å². The van der Waals surface area contributed by atoms with E-state index in [1.807, 2.05) is 12.3 Å². The molecule has 4 rings (SSSR count). The predicted molar refractivity (Wildman–Crippen MR) is 112 cm³/mol. The molecule has 0 radical (unpaired) electrons. The van der Waals surface area contributed by atoms with Gasteiger partial charge in [-0.2, -0.15) is 4.98 Å². The van der Waals surface area contributed by atoms with E-state index in [9.17, 15) is 14.9 Å². The molecule has 9 nitrogen and oxygen atoms in total. The van der Waals surface area contributed by atoms with Gasteiger partial charge in [0, 0.05) is 24.1 Å². The predicted octanol–water partition coefficient (Wildman–Crippen LogP) is 4.27. The van der Waals surface area contributed by atoms with Gasteiger partial charge in [0.2, 0.25) is 23.2 Å². The molecule has 0 N–H and O–H groups in total. The van der Waals surface area contributed by atoms with E-state index in [2.05, 4.69) is 15.2 Å². The fraction of sp³-hybridized carbons (Fsp3) is 0.158. The monoisotopic (exact) mass is 443 g/mol. The lowest BCUT2D eigenvalue weighted by molar-refractivity contribution is -0.384. The molecule has 0 aliphatic carbocycles. The Hall–Kier alpha value is -3.24. The van der Waals surface area contributed by atoms with Gasteiger partial charge in [-0.1, -0.05) is 41.6 Å². The second-order valence-electron chi connectivity index (χ2n) is 6.30. The first-order valence-electron chi connectivity index (χ1n) is 8.69. The fourth-order valence-corrected chi connectivity index (χ4v) is 3.74. The number of fused-ring (bicyclic) bond motifs is 3. The molecule has 2 aromatic carbocycles. The average molecular weight is 444 g/mol. The summed E-state index contributed by atoms with van der Waals surface area (Å²) in [5.41, 5.74) is 1.79. The van der Waals surface area contributed by atoms with E-state index >= 15 is 0 Å². The van der Waals surface area contributed by atoms with Crippen molar-refractivity contribution in [2.24, 2.45) is 0 Å². The molecule has 0 fully saturated rings. The van der Waals surface area contributed by atoms with E-state index < -0.39 is 11.2 Å². The number of benzene rings is 2. The third kappa shape index (κ3) is 3.44. The van der Waals surface area contributed by atoms with Gasteiger partial charge in [-0.25, -0.2) is 0 Å². The van der Waals surface area contributed by atoms with Crippen LogP contribution in [0.1, 0.15) is 18.7 Å². The van der Waals surface area contributed by atoms with Crippen molar-refractivity contribution in [3.63, 3.8) is 0 Å². The Balaban J connectivity index is 1.95. The second-order valence-corrected chi connectivity index (χ2v) is 7.48. The standard InChI is InChI=1S/C19H14ClN5O4S/c1-10(26)24-14-6-4-3-5-12(14)16-17(21-19(30-2)23-22-16)29-18(24)11-7-8-15(25(27)28)13(20)9-11/h3-9,18H,1-2H3/t18-/m1/s1. The van der Waals surface area contributed by atoms with E-state index in [-0.39, 0.29) is 22.5 Å². The van der Waals surface area contributed by atoms with E-state index in [1.165, 1.54) is 41.8 Å². The first-order chi connectivity index (χ1) is 14.4. The molecule has 1 aliphatic heterocycles. The number of thioether (sulfide) groups is 1. The van der Waals surface area contributed by atoms with Crippen LogP contribution >= 0.6 is 23.4 Å². The average Bonchev–Trinajstić information content (AvgIpc) is 2.87. The van der Waals surface area contributed by atoms with Crippen LogP contribution in [0, 0.1) is 10.1 Å². The summed E-state index contributed by atoms with van der Waals surface area (Å²) in [6.45, 7) is 1.41. The minimum absolute atomic E-state index is 0.0621. The lowest BCUT2D eigenvalue weighted by Gasteiger charge is -2.29. The summed E-state index contributed by atoms with van der Waals surface area (Å²) in [4.78, 5) is 29.1. The summed E-state index contributed by atoms with van der Waals surface area (Å²) in [7, 11) is 0. The molecule has 1 atom stereocenters. The Labute approximate surface area is 180 Å². The van der Waals surface area contributed by atoms with Crippen molar-refractivity contribution in [1.82, 2.24) is 15.2 Å². The number of hydrogen-bond donors (Lipinski definition) is 0. The minimum Gasteiger partial charge on any atom is -0.447 e. The maximum Gasteiger partial charge on any atom is 0.287 e. The number of nitrogens with zero attached hydrogens (tertiary/aromatic N) is 5. The van der Waals surface area contributed by atoms with Crippen molar-refractivity contribution in [1.29, 1.82) is 0 Å². The maximum atomic E-state index is 12.7. The van der Waals surface area contributed by atoms with Gasteiger partial charge >= 0.3 is 0 Å². The molecule has 0 saturated heterocycles. The molecule has 0 spiro atoms. The number of ether oxygens (including phenoxy) is 1. The molecule has 0 saturated carbocycles. The van der Waals surface area contributed by atoms with Crippen LogP contribution in [0.5, 0.6) is 5.88 Å². The highest BCUT2D eigenvalue weighted by atomic mass is 35.5. The van der Waals surface area contributed by atoms with Crippen molar-refractivity contribution in [3.05, 3.63) is 63.2 Å². The van der Waals surface area contributed by atoms with Gasteiger partial charge in [-0.3, -0.25) is 19.8 Å². The smallest absolute Gasteiger partial charge is 0.287 e. The van der Waals surface area contributed by atoms with Crippen molar-refractivity contribution >= 4 is 40.6 Å². The lowest BCUT2D eigenvalue weighted by Crippen LogP contribution is -2.36. The van der Waals surface area contributed by atoms with Gasteiger partial charge in [0.25, 0.3) is 5.69 Å². The highest BCUT2D eigenvalue weighted by Crippen LogP contribution is 2.43. The summed E-state index contributed by atoms with van der Waals surface area (Å²) in [5.74, 6) is -0.0993. The molecular weight excluding hydrogens is 430 g/mol. The molecule has 2 heterocycles. The summed E-state index contributed by atoms with van der Waals surface area (Å²) >= 11 is 7.42. The van der Waals surface area contributed by atoms with Crippen LogP contribution < -0.4 is 9.64 Å². The lowest BCUT2D eigenvalue weighted by atomic mass is 10.1. The molecule has 0 bridgehead atoms. The van der Waals surface area contributed by atoms with E-state index in [1.54, 1.807) is 18.2 Å². The Morgan fingerprint density at radius 2 is 2.03 bits per heavy atom. The zero-order valence-electron chi connectivity index (χ0n) is 15.8. The molecule has 0 unspecified atom stereocenters. The van der Waals surface area contributed by atoms with Gasteiger partial charge in [0.05, 0.1) is 10.6 Å². The number of hydrogen-bond acceptors (Lipinski definition) is 8. The van der Waals surface area contributed by atoms with Crippen LogP contribution in [-0.2, 0) is 4.79 Å². The van der Waals surface area contributed by atoms with Crippen LogP contribution in [0.15, 0.2) is 47.6 Å². The third-order valence-corrected chi connectivity index (χ3v) is 5.33. The highest BCUT2D eigenvalue weighted by Gasteiger charge is 2.35. The van der Waals surface area contributed by atoms with Gasteiger partial charge in [-0.05, 0) is 24.5 Å². The summed E-state index contributed by atoms with van der Waals surface area (Å²) in [6, 6.07) is 11.4. The van der Waals surface area contributed by atoms with Crippen molar-refractivity contribution in [2.75, 3.05) is 11.2 Å². The number of amides is 1. The zero-order chi connectivity index (χ0) is 21.4. The first kappa shape index (κ1) is 20.0. The normalized spacial score (nSPS) is 14.9. The number of nitro groups is 1. The quantitative estimate of drug-likeness (QED) is 0.335. The van der Waals surface area contributed by atoms with Crippen LogP contribution in [0.25, 0.3) is 11.3 Å². The molecule has 30 heavy (non-hydrogen) atoms. The SMILES string of the molecule is CSc1nnc2c(n1)O[C@H](c1ccc([N+](=O)[O-])c(Cl)c1)N(C(C)=O)c1ccccc1-2. The maximum absolute atomic E-state index is 12.7.